The molecular weight excluding hydrogens is 394 g/mol. The van der Waals surface area contributed by atoms with Crippen LogP contribution in [0.1, 0.15) is 30.9 Å². The molecule has 0 aliphatic carbocycles. The van der Waals surface area contributed by atoms with E-state index in [1.807, 2.05) is 25.3 Å². The zero-order valence-electron chi connectivity index (χ0n) is 18.9. The minimum Gasteiger partial charge on any atom is -0.493 e. The topological polar surface area (TPSA) is 80.2 Å². The van der Waals surface area contributed by atoms with Crippen molar-refractivity contribution >= 4 is 11.8 Å². The molecule has 0 atom stereocenters. The molecule has 31 heavy (non-hydrogen) atoms. The number of anilines is 1. The summed E-state index contributed by atoms with van der Waals surface area (Å²) in [6.07, 6.45) is 4.43. The second-order valence-corrected chi connectivity index (χ2v) is 7.30. The van der Waals surface area contributed by atoms with Crippen molar-refractivity contribution in [1.82, 2.24) is 15.6 Å². The molecule has 1 aromatic heterocycles. The quantitative estimate of drug-likeness (QED) is 0.470. The first-order valence-corrected chi connectivity index (χ1v) is 10.7. The summed E-state index contributed by atoms with van der Waals surface area (Å²) in [6, 6.07) is 8.05. The maximum Gasteiger partial charge on any atom is 0.203 e. The first kappa shape index (κ1) is 22.5. The van der Waals surface area contributed by atoms with E-state index >= 15 is 0 Å². The van der Waals surface area contributed by atoms with Crippen molar-refractivity contribution in [3.8, 4) is 17.2 Å². The van der Waals surface area contributed by atoms with Gasteiger partial charge in [-0.3, -0.25) is 0 Å². The average molecular weight is 428 g/mol. The number of pyridine rings is 1. The van der Waals surface area contributed by atoms with Gasteiger partial charge in [0.25, 0.3) is 0 Å². The van der Waals surface area contributed by atoms with Gasteiger partial charge in [0.05, 0.1) is 27.9 Å². The van der Waals surface area contributed by atoms with Gasteiger partial charge in [-0.25, -0.2) is 9.98 Å². The minimum absolute atomic E-state index is 0.470. The number of nitrogens with zero attached hydrogens (tertiary/aromatic N) is 3. The van der Waals surface area contributed by atoms with E-state index in [0.717, 1.165) is 42.5 Å². The summed E-state index contributed by atoms with van der Waals surface area (Å²) in [6.45, 7) is 6.13. The third kappa shape index (κ3) is 5.93. The fourth-order valence-electron chi connectivity index (χ4n) is 3.58. The van der Waals surface area contributed by atoms with Gasteiger partial charge in [-0.2, -0.15) is 0 Å². The van der Waals surface area contributed by atoms with Gasteiger partial charge in [-0.15, -0.1) is 0 Å². The van der Waals surface area contributed by atoms with E-state index in [4.69, 9.17) is 19.2 Å². The summed E-state index contributed by atoms with van der Waals surface area (Å²) >= 11 is 0. The molecule has 168 valence electrons. The van der Waals surface area contributed by atoms with Gasteiger partial charge >= 0.3 is 0 Å². The summed E-state index contributed by atoms with van der Waals surface area (Å²) in [4.78, 5) is 11.7. The lowest BCUT2D eigenvalue weighted by Crippen LogP contribution is -2.36. The third-order valence-corrected chi connectivity index (χ3v) is 5.19. The normalized spacial score (nSPS) is 13.8. The van der Waals surface area contributed by atoms with Crippen LogP contribution in [0.15, 0.2) is 35.5 Å². The fraction of sp³-hybridized carbons (Fsp3) is 0.478. The number of hydrogen-bond acceptors (Lipinski definition) is 6. The number of ether oxygens (including phenoxy) is 3. The van der Waals surface area contributed by atoms with Gasteiger partial charge in [-0.05, 0) is 49.1 Å². The Kier molecular flexibility index (Phi) is 8.20. The van der Waals surface area contributed by atoms with Crippen molar-refractivity contribution in [3.05, 3.63) is 41.6 Å². The van der Waals surface area contributed by atoms with E-state index in [1.165, 1.54) is 12.8 Å². The second-order valence-electron chi connectivity index (χ2n) is 7.30. The predicted octanol–water partition coefficient (Wildman–Crippen LogP) is 2.96. The number of rotatable bonds is 9. The van der Waals surface area contributed by atoms with Crippen LogP contribution in [0, 0.1) is 0 Å². The van der Waals surface area contributed by atoms with Crippen LogP contribution in [-0.2, 0) is 13.1 Å². The van der Waals surface area contributed by atoms with Gasteiger partial charge < -0.3 is 29.7 Å². The second kappa shape index (κ2) is 11.3. The lowest BCUT2D eigenvalue weighted by Gasteiger charge is -2.17. The average Bonchev–Trinajstić information content (AvgIpc) is 3.35. The molecule has 0 unspecified atom stereocenters. The molecule has 2 heterocycles. The maximum absolute atomic E-state index is 5.43. The van der Waals surface area contributed by atoms with Crippen LogP contribution in [0.2, 0.25) is 0 Å². The van der Waals surface area contributed by atoms with E-state index < -0.39 is 0 Å². The van der Waals surface area contributed by atoms with Crippen LogP contribution in [0.3, 0.4) is 0 Å². The molecule has 3 rings (SSSR count). The van der Waals surface area contributed by atoms with E-state index in [1.54, 1.807) is 21.3 Å². The van der Waals surface area contributed by atoms with Crippen LogP contribution in [0.5, 0.6) is 17.2 Å². The SMILES string of the molecule is CCNC(=NCc1cc(OC)c(OC)c(OC)c1)NCc1ccc(N2CCCC2)nc1. The molecule has 1 aromatic carbocycles. The van der Waals surface area contributed by atoms with E-state index in [2.05, 4.69) is 32.7 Å². The summed E-state index contributed by atoms with van der Waals surface area (Å²) < 4.78 is 16.2. The number of nitrogens with one attached hydrogen (secondary N) is 2. The van der Waals surface area contributed by atoms with Crippen molar-refractivity contribution in [2.24, 2.45) is 4.99 Å². The number of methoxy groups -OCH3 is 3. The summed E-state index contributed by atoms with van der Waals surface area (Å²) in [5.74, 6) is 3.61. The van der Waals surface area contributed by atoms with Crippen LogP contribution in [0.4, 0.5) is 5.82 Å². The van der Waals surface area contributed by atoms with Crippen molar-refractivity contribution in [2.45, 2.75) is 32.9 Å². The number of guanidine groups is 1. The Balaban J connectivity index is 1.65. The number of benzene rings is 1. The van der Waals surface area contributed by atoms with Gasteiger partial charge in [0.1, 0.15) is 5.82 Å². The Morgan fingerprint density at radius 2 is 1.71 bits per heavy atom. The highest BCUT2D eigenvalue weighted by atomic mass is 16.5. The monoisotopic (exact) mass is 427 g/mol. The standard InChI is InChI=1S/C23H33N5O3/c1-5-24-23(26-15-17-8-9-21(25-14-17)28-10-6-7-11-28)27-16-18-12-19(29-2)22(31-4)20(13-18)30-3/h8-9,12-14H,5-7,10-11,15-16H2,1-4H3,(H2,24,26,27). The van der Waals surface area contributed by atoms with E-state index in [9.17, 15) is 0 Å². The number of aromatic nitrogens is 1. The van der Waals surface area contributed by atoms with Crippen molar-refractivity contribution in [3.63, 3.8) is 0 Å². The maximum atomic E-state index is 5.43. The minimum atomic E-state index is 0.470. The molecule has 1 aliphatic rings. The number of hydrogen-bond donors (Lipinski definition) is 2. The Hall–Kier alpha value is -3.16. The Morgan fingerprint density at radius 1 is 1.00 bits per heavy atom. The molecular formula is C23H33N5O3. The van der Waals surface area contributed by atoms with Crippen LogP contribution >= 0.6 is 0 Å². The molecule has 0 bridgehead atoms. The summed E-state index contributed by atoms with van der Waals surface area (Å²) in [5, 5.41) is 6.66. The molecule has 2 N–H and O–H groups in total. The van der Waals surface area contributed by atoms with Gasteiger partial charge in [0.15, 0.2) is 17.5 Å². The van der Waals surface area contributed by atoms with Crippen molar-refractivity contribution in [1.29, 1.82) is 0 Å². The lowest BCUT2D eigenvalue weighted by atomic mass is 10.2. The zero-order valence-corrected chi connectivity index (χ0v) is 18.9. The smallest absolute Gasteiger partial charge is 0.203 e. The van der Waals surface area contributed by atoms with Crippen molar-refractivity contribution in [2.75, 3.05) is 45.9 Å². The number of aliphatic imine (C=N–C) groups is 1. The van der Waals surface area contributed by atoms with Gasteiger partial charge in [0.2, 0.25) is 5.75 Å². The third-order valence-electron chi connectivity index (χ3n) is 5.19. The first-order chi connectivity index (χ1) is 15.2. The Labute approximate surface area is 184 Å². The van der Waals surface area contributed by atoms with Crippen molar-refractivity contribution < 1.29 is 14.2 Å². The van der Waals surface area contributed by atoms with Crippen LogP contribution in [-0.4, -0.2) is 51.9 Å². The fourth-order valence-corrected chi connectivity index (χ4v) is 3.58. The molecule has 8 heteroatoms. The highest BCUT2D eigenvalue weighted by Crippen LogP contribution is 2.38. The molecule has 1 saturated heterocycles. The molecule has 0 radical (unpaired) electrons. The predicted molar refractivity (Wildman–Crippen MR) is 123 cm³/mol. The molecule has 0 spiro atoms. The zero-order chi connectivity index (χ0) is 22.1. The van der Waals surface area contributed by atoms with Gasteiger partial charge in [0, 0.05) is 32.4 Å². The molecule has 8 nitrogen and oxygen atoms in total. The summed E-state index contributed by atoms with van der Waals surface area (Å²) in [7, 11) is 4.82. The molecule has 1 fully saturated rings. The summed E-state index contributed by atoms with van der Waals surface area (Å²) in [5.41, 5.74) is 2.07. The molecule has 1 aliphatic heterocycles. The largest absolute Gasteiger partial charge is 0.493 e. The first-order valence-electron chi connectivity index (χ1n) is 10.7. The van der Waals surface area contributed by atoms with Gasteiger partial charge in [-0.1, -0.05) is 6.07 Å². The molecule has 2 aromatic rings. The highest BCUT2D eigenvalue weighted by molar-refractivity contribution is 5.79. The van der Waals surface area contributed by atoms with Crippen LogP contribution in [0.25, 0.3) is 0 Å². The lowest BCUT2D eigenvalue weighted by molar-refractivity contribution is 0.324. The Bertz CT molecular complexity index is 839. The highest BCUT2D eigenvalue weighted by Gasteiger charge is 2.14. The molecule has 0 saturated carbocycles. The van der Waals surface area contributed by atoms with E-state index in [-0.39, 0.29) is 0 Å². The van der Waals surface area contributed by atoms with Crippen LogP contribution < -0.4 is 29.7 Å². The molecule has 0 amide bonds. The van der Waals surface area contributed by atoms with E-state index in [0.29, 0.717) is 30.3 Å². The Morgan fingerprint density at radius 3 is 2.26 bits per heavy atom.